The van der Waals surface area contributed by atoms with E-state index in [2.05, 4.69) is 15.9 Å². The third-order valence-corrected chi connectivity index (χ3v) is 2.40. The molecule has 1 aromatic heterocycles. The SMILES string of the molecule is O=C(CCCC(F)(F)F)c1ccoc1Br. The molecule has 0 bridgehead atoms. The molecule has 0 N–H and O–H groups in total. The number of carbonyl (C=O) groups is 1. The first-order valence-electron chi connectivity index (χ1n) is 4.23. The molecule has 0 aliphatic heterocycles. The van der Waals surface area contributed by atoms with E-state index < -0.39 is 12.6 Å². The van der Waals surface area contributed by atoms with Crippen LogP contribution in [0.3, 0.4) is 0 Å². The van der Waals surface area contributed by atoms with Gasteiger partial charge < -0.3 is 4.42 Å². The topological polar surface area (TPSA) is 30.2 Å². The third kappa shape index (κ3) is 4.07. The maximum atomic E-state index is 11.8. The van der Waals surface area contributed by atoms with E-state index in [4.69, 9.17) is 4.42 Å². The van der Waals surface area contributed by atoms with Crippen molar-refractivity contribution in [3.63, 3.8) is 0 Å². The lowest BCUT2D eigenvalue weighted by Gasteiger charge is -2.04. The Morgan fingerprint density at radius 3 is 2.60 bits per heavy atom. The fourth-order valence-corrected chi connectivity index (χ4v) is 1.54. The van der Waals surface area contributed by atoms with Gasteiger partial charge in [0.25, 0.3) is 0 Å². The maximum Gasteiger partial charge on any atom is 0.389 e. The molecule has 0 aromatic carbocycles. The van der Waals surface area contributed by atoms with Gasteiger partial charge in [0.05, 0.1) is 11.8 Å². The molecular formula is C9H8BrF3O2. The Morgan fingerprint density at radius 1 is 1.47 bits per heavy atom. The fraction of sp³-hybridized carbons (Fsp3) is 0.444. The van der Waals surface area contributed by atoms with Gasteiger partial charge in [0.15, 0.2) is 10.5 Å². The summed E-state index contributed by atoms with van der Waals surface area (Å²) < 4.78 is 40.4. The number of furan rings is 1. The number of alkyl halides is 3. The van der Waals surface area contributed by atoms with Gasteiger partial charge in [0.1, 0.15) is 0 Å². The molecule has 0 spiro atoms. The van der Waals surface area contributed by atoms with Gasteiger partial charge in [-0.3, -0.25) is 4.79 Å². The Hall–Kier alpha value is -0.780. The summed E-state index contributed by atoms with van der Waals surface area (Å²) in [7, 11) is 0. The largest absolute Gasteiger partial charge is 0.457 e. The van der Waals surface area contributed by atoms with E-state index in [1.54, 1.807) is 0 Å². The number of hydrogen-bond donors (Lipinski definition) is 0. The van der Waals surface area contributed by atoms with E-state index in [-0.39, 0.29) is 28.9 Å². The van der Waals surface area contributed by atoms with Crippen molar-refractivity contribution in [1.82, 2.24) is 0 Å². The minimum atomic E-state index is -4.20. The van der Waals surface area contributed by atoms with Crippen molar-refractivity contribution >= 4 is 21.7 Å². The van der Waals surface area contributed by atoms with Gasteiger partial charge in [-0.2, -0.15) is 13.2 Å². The Kier molecular flexibility index (Phi) is 3.96. The van der Waals surface area contributed by atoms with E-state index >= 15 is 0 Å². The van der Waals surface area contributed by atoms with Crippen molar-refractivity contribution in [3.8, 4) is 0 Å². The summed E-state index contributed by atoms with van der Waals surface area (Å²) in [5.41, 5.74) is 0.289. The maximum absolute atomic E-state index is 11.8. The number of halogens is 4. The first-order valence-corrected chi connectivity index (χ1v) is 5.02. The molecule has 15 heavy (non-hydrogen) atoms. The predicted molar refractivity (Wildman–Crippen MR) is 50.6 cm³/mol. The number of hydrogen-bond acceptors (Lipinski definition) is 2. The highest BCUT2D eigenvalue weighted by molar-refractivity contribution is 9.10. The Morgan fingerprint density at radius 2 is 2.13 bits per heavy atom. The van der Waals surface area contributed by atoms with Gasteiger partial charge in [-0.05, 0) is 28.4 Å². The molecule has 1 rings (SSSR count). The van der Waals surface area contributed by atoms with Crippen LogP contribution in [0.1, 0.15) is 29.6 Å². The average molecular weight is 285 g/mol. The zero-order valence-electron chi connectivity index (χ0n) is 7.60. The summed E-state index contributed by atoms with van der Waals surface area (Å²) in [6.45, 7) is 0. The van der Waals surface area contributed by atoms with E-state index in [9.17, 15) is 18.0 Å². The van der Waals surface area contributed by atoms with Crippen LogP contribution in [0.5, 0.6) is 0 Å². The first-order chi connectivity index (χ1) is 6.90. The number of rotatable bonds is 4. The summed E-state index contributed by atoms with van der Waals surface area (Å²) in [5.74, 6) is -0.347. The van der Waals surface area contributed by atoms with Gasteiger partial charge in [-0.1, -0.05) is 0 Å². The second-order valence-electron chi connectivity index (χ2n) is 3.00. The number of Topliss-reactive ketones (excluding diaryl/α,β-unsaturated/α-hetero) is 1. The minimum absolute atomic E-state index is 0.127. The number of carbonyl (C=O) groups excluding carboxylic acids is 1. The van der Waals surface area contributed by atoms with E-state index in [1.165, 1.54) is 12.3 Å². The molecule has 6 heteroatoms. The lowest BCUT2D eigenvalue weighted by Crippen LogP contribution is -2.08. The molecule has 0 atom stereocenters. The summed E-state index contributed by atoms with van der Waals surface area (Å²) in [5, 5.41) is 0. The van der Waals surface area contributed by atoms with Gasteiger partial charge in [-0.15, -0.1) is 0 Å². The molecule has 0 amide bonds. The monoisotopic (exact) mass is 284 g/mol. The lowest BCUT2D eigenvalue weighted by atomic mass is 10.1. The molecule has 1 heterocycles. The average Bonchev–Trinajstić information content (AvgIpc) is 2.48. The smallest absolute Gasteiger partial charge is 0.389 e. The van der Waals surface area contributed by atoms with Crippen molar-refractivity contribution in [3.05, 3.63) is 22.6 Å². The molecule has 0 saturated heterocycles. The molecule has 0 radical (unpaired) electrons. The fourth-order valence-electron chi connectivity index (χ4n) is 1.08. The molecule has 0 fully saturated rings. The predicted octanol–water partition coefficient (Wildman–Crippen LogP) is 3.96. The molecule has 0 aliphatic carbocycles. The molecular weight excluding hydrogens is 277 g/mol. The van der Waals surface area contributed by atoms with Crippen molar-refractivity contribution in [2.24, 2.45) is 0 Å². The third-order valence-electron chi connectivity index (χ3n) is 1.78. The number of ketones is 1. The Bertz CT molecular complexity index is 343. The molecule has 84 valence electrons. The van der Waals surface area contributed by atoms with Crippen molar-refractivity contribution in [1.29, 1.82) is 0 Å². The zero-order valence-corrected chi connectivity index (χ0v) is 9.19. The Balaban J connectivity index is 2.41. The quantitative estimate of drug-likeness (QED) is 0.784. The molecule has 0 aliphatic rings. The molecule has 0 saturated carbocycles. The van der Waals surface area contributed by atoms with E-state index in [0.29, 0.717) is 0 Å². The van der Waals surface area contributed by atoms with Crippen LogP contribution < -0.4 is 0 Å². The summed E-state index contributed by atoms with van der Waals surface area (Å²) in [6, 6.07) is 1.43. The summed E-state index contributed by atoms with van der Waals surface area (Å²) in [6.07, 6.45) is -4.15. The molecule has 0 unspecified atom stereocenters. The Labute approximate surface area is 92.6 Å². The second-order valence-corrected chi connectivity index (χ2v) is 3.72. The van der Waals surface area contributed by atoms with Crippen LogP contribution in [0.25, 0.3) is 0 Å². The van der Waals surface area contributed by atoms with Crippen LogP contribution in [0.2, 0.25) is 0 Å². The van der Waals surface area contributed by atoms with E-state index in [0.717, 1.165) is 0 Å². The lowest BCUT2D eigenvalue weighted by molar-refractivity contribution is -0.135. The van der Waals surface area contributed by atoms with Crippen LogP contribution >= 0.6 is 15.9 Å². The van der Waals surface area contributed by atoms with Crippen LogP contribution in [0.4, 0.5) is 13.2 Å². The van der Waals surface area contributed by atoms with Crippen LogP contribution in [0, 0.1) is 0 Å². The second kappa shape index (κ2) is 4.83. The highest BCUT2D eigenvalue weighted by Gasteiger charge is 2.26. The van der Waals surface area contributed by atoms with Crippen LogP contribution in [-0.2, 0) is 0 Å². The summed E-state index contributed by atoms with van der Waals surface area (Å²) >= 11 is 2.99. The van der Waals surface area contributed by atoms with Crippen molar-refractivity contribution < 1.29 is 22.4 Å². The zero-order chi connectivity index (χ0) is 11.5. The van der Waals surface area contributed by atoms with Crippen LogP contribution in [-0.4, -0.2) is 12.0 Å². The van der Waals surface area contributed by atoms with Crippen LogP contribution in [0.15, 0.2) is 21.4 Å². The van der Waals surface area contributed by atoms with Crippen molar-refractivity contribution in [2.75, 3.05) is 0 Å². The minimum Gasteiger partial charge on any atom is -0.457 e. The highest BCUT2D eigenvalue weighted by Crippen LogP contribution is 2.24. The van der Waals surface area contributed by atoms with Gasteiger partial charge in [0.2, 0.25) is 0 Å². The van der Waals surface area contributed by atoms with E-state index in [1.807, 2.05) is 0 Å². The van der Waals surface area contributed by atoms with Gasteiger partial charge in [-0.25, -0.2) is 0 Å². The van der Waals surface area contributed by atoms with Crippen molar-refractivity contribution in [2.45, 2.75) is 25.4 Å². The van der Waals surface area contributed by atoms with Gasteiger partial charge >= 0.3 is 6.18 Å². The molecule has 2 nitrogen and oxygen atoms in total. The highest BCUT2D eigenvalue weighted by atomic mass is 79.9. The molecule has 1 aromatic rings. The van der Waals surface area contributed by atoms with Gasteiger partial charge in [0, 0.05) is 12.8 Å². The first kappa shape index (κ1) is 12.3. The normalized spacial score (nSPS) is 11.7. The summed E-state index contributed by atoms with van der Waals surface area (Å²) in [4.78, 5) is 11.4. The standard InChI is InChI=1S/C9H8BrF3O2/c10-8-6(3-5-15-8)7(14)2-1-4-9(11,12)13/h3,5H,1-2,4H2.